The molecule has 0 saturated carbocycles. The topological polar surface area (TPSA) is 200 Å². The fourth-order valence-electron chi connectivity index (χ4n) is 5.30. The predicted octanol–water partition coefficient (Wildman–Crippen LogP) is 2.14. The molecule has 0 aromatic heterocycles. The van der Waals surface area contributed by atoms with Crippen LogP contribution in [0.1, 0.15) is 40.2 Å². The van der Waals surface area contributed by atoms with Crippen molar-refractivity contribution in [3.05, 3.63) is 71.3 Å². The van der Waals surface area contributed by atoms with E-state index in [-0.39, 0.29) is 53.5 Å². The number of carboxylic acid groups (broad SMARTS) is 1. The number of hydrogen-bond donors (Lipinski definition) is 5. The van der Waals surface area contributed by atoms with Gasteiger partial charge in [-0.25, -0.2) is 17.9 Å². The van der Waals surface area contributed by atoms with Gasteiger partial charge in [-0.1, -0.05) is 36.4 Å². The predicted molar refractivity (Wildman–Crippen MR) is 162 cm³/mol. The molecule has 14 heteroatoms. The van der Waals surface area contributed by atoms with Gasteiger partial charge in [0, 0.05) is 32.1 Å². The van der Waals surface area contributed by atoms with E-state index < -0.39 is 27.8 Å². The summed E-state index contributed by atoms with van der Waals surface area (Å²) in [5.74, 6) is -4.10. The molecule has 1 saturated heterocycles. The minimum atomic E-state index is -4.00. The Kier molecular flexibility index (Phi) is 10.1. The van der Waals surface area contributed by atoms with Crippen LogP contribution < -0.4 is 21.1 Å². The quantitative estimate of drug-likeness (QED) is 0.144. The van der Waals surface area contributed by atoms with E-state index in [0.29, 0.717) is 18.7 Å². The highest BCUT2D eigenvalue weighted by Gasteiger charge is 2.30. The summed E-state index contributed by atoms with van der Waals surface area (Å²) >= 11 is 0. The van der Waals surface area contributed by atoms with Gasteiger partial charge in [-0.15, -0.1) is 12.4 Å². The molecule has 1 atom stereocenters. The Balaban J connectivity index is 0.00000484. The average molecular weight is 617 g/mol. The number of piperidine rings is 1. The van der Waals surface area contributed by atoms with Gasteiger partial charge in [0.15, 0.2) is 5.96 Å². The zero-order chi connectivity index (χ0) is 29.9. The van der Waals surface area contributed by atoms with E-state index in [9.17, 15) is 27.9 Å². The highest BCUT2D eigenvalue weighted by molar-refractivity contribution is 7.89. The van der Waals surface area contributed by atoms with Crippen LogP contribution in [0.25, 0.3) is 10.8 Å². The molecule has 0 spiro atoms. The van der Waals surface area contributed by atoms with Crippen molar-refractivity contribution in [3.63, 3.8) is 0 Å². The largest absolute Gasteiger partial charge is 0.474 e. The Bertz CT molecular complexity index is 1650. The number of carbonyl (C=O) groups excluding carboxylic acids is 2. The first-order valence-corrected chi connectivity index (χ1v) is 14.4. The van der Waals surface area contributed by atoms with Crippen molar-refractivity contribution >= 4 is 62.6 Å². The lowest BCUT2D eigenvalue weighted by molar-refractivity contribution is -0.148. The molecule has 3 aromatic carbocycles. The highest BCUT2D eigenvalue weighted by Crippen LogP contribution is 2.34. The number of likely N-dealkylation sites (tertiary alicyclic amines) is 1. The summed E-state index contributed by atoms with van der Waals surface area (Å²) in [6, 6.07) is 15.1. The summed E-state index contributed by atoms with van der Waals surface area (Å²) in [6.45, 7) is 2.06. The van der Waals surface area contributed by atoms with Crippen molar-refractivity contribution in [2.75, 3.05) is 31.1 Å². The third-order valence-electron chi connectivity index (χ3n) is 7.31. The maximum Gasteiger partial charge on any atom is 0.394 e. The maximum atomic E-state index is 13.0. The first-order chi connectivity index (χ1) is 19.4. The van der Waals surface area contributed by atoms with Crippen molar-refractivity contribution in [1.29, 1.82) is 5.41 Å². The van der Waals surface area contributed by atoms with E-state index in [2.05, 4.69) is 4.72 Å². The zero-order valence-corrected chi connectivity index (χ0v) is 24.5. The Morgan fingerprint density at radius 2 is 1.79 bits per heavy atom. The van der Waals surface area contributed by atoms with E-state index in [4.69, 9.17) is 16.9 Å². The Morgan fingerprint density at radius 3 is 2.43 bits per heavy atom. The lowest BCUT2D eigenvalue weighted by Crippen LogP contribution is -2.43. The van der Waals surface area contributed by atoms with Gasteiger partial charge in [0.1, 0.15) is 0 Å². The standard InChI is InChI=1S/C28H32N6O6S.ClH/c1-17-22(20-7-4-13-33(16-20)28(30)31)10-11-23(24(17)25(29)35)34(26(36)27(37)38)14-12-32-41(39,40)21-9-8-18-5-2-3-6-19(18)15-21;/h2-3,5-6,8-11,15,20,32H,4,7,12-14,16H2,1H3,(H2,29,35)(H3,30,31)(H,37,38);1H. The third-order valence-corrected chi connectivity index (χ3v) is 8.77. The molecule has 3 aromatic rings. The van der Waals surface area contributed by atoms with Crippen LogP contribution in [0.15, 0.2) is 59.5 Å². The number of nitrogens with one attached hydrogen (secondary N) is 2. The van der Waals surface area contributed by atoms with Crippen LogP contribution in [0.4, 0.5) is 5.69 Å². The van der Waals surface area contributed by atoms with Crippen LogP contribution >= 0.6 is 12.4 Å². The molecule has 1 fully saturated rings. The minimum Gasteiger partial charge on any atom is -0.474 e. The molecule has 7 N–H and O–H groups in total. The number of anilines is 1. The highest BCUT2D eigenvalue weighted by atomic mass is 35.5. The number of guanidine groups is 1. The van der Waals surface area contributed by atoms with E-state index in [1.165, 1.54) is 18.2 Å². The van der Waals surface area contributed by atoms with Gasteiger partial charge in [0.25, 0.3) is 5.91 Å². The zero-order valence-electron chi connectivity index (χ0n) is 22.9. The lowest BCUT2D eigenvalue weighted by atomic mass is 9.85. The van der Waals surface area contributed by atoms with Crippen LogP contribution in [0.3, 0.4) is 0 Å². The number of halogens is 1. The van der Waals surface area contributed by atoms with Gasteiger partial charge in [0.05, 0.1) is 16.1 Å². The number of hydrogen-bond acceptors (Lipinski definition) is 6. The first kappa shape index (κ1) is 32.3. The van der Waals surface area contributed by atoms with Crippen LogP contribution in [-0.2, 0) is 19.6 Å². The number of carbonyl (C=O) groups is 3. The number of fused-ring (bicyclic) bond motifs is 1. The van der Waals surface area contributed by atoms with Crippen molar-refractivity contribution in [2.24, 2.45) is 11.5 Å². The SMILES string of the molecule is Cc1c(C2CCCN(C(=N)N)C2)ccc(N(CCNS(=O)(=O)c2ccc3ccccc3c2)C(=O)C(=O)O)c1C(N)=O.Cl. The minimum absolute atomic E-state index is 0. The molecule has 1 heterocycles. The number of rotatable bonds is 8. The van der Waals surface area contributed by atoms with Crippen LogP contribution in [0.5, 0.6) is 0 Å². The Morgan fingerprint density at radius 1 is 1.10 bits per heavy atom. The summed E-state index contributed by atoms with van der Waals surface area (Å²) in [5, 5.41) is 18.9. The fraction of sp³-hybridized carbons (Fsp3) is 0.286. The lowest BCUT2D eigenvalue weighted by Gasteiger charge is -2.34. The van der Waals surface area contributed by atoms with Gasteiger partial charge in [-0.3, -0.25) is 15.0 Å². The molecule has 224 valence electrons. The van der Waals surface area contributed by atoms with E-state index in [1.807, 2.05) is 12.1 Å². The molecule has 12 nitrogen and oxygen atoms in total. The Hall–Kier alpha value is -4.20. The molecule has 1 aliphatic heterocycles. The Labute approximate surface area is 249 Å². The second-order valence-electron chi connectivity index (χ2n) is 9.88. The molecule has 0 radical (unpaired) electrons. The second-order valence-corrected chi connectivity index (χ2v) is 11.6. The fourth-order valence-corrected chi connectivity index (χ4v) is 6.35. The van der Waals surface area contributed by atoms with Gasteiger partial charge < -0.3 is 26.4 Å². The van der Waals surface area contributed by atoms with E-state index in [1.54, 1.807) is 36.1 Å². The summed E-state index contributed by atoms with van der Waals surface area (Å²) in [4.78, 5) is 39.7. The van der Waals surface area contributed by atoms with E-state index in [0.717, 1.165) is 34.1 Å². The summed E-state index contributed by atoms with van der Waals surface area (Å²) in [7, 11) is -4.00. The molecule has 4 rings (SSSR count). The third kappa shape index (κ3) is 6.81. The first-order valence-electron chi connectivity index (χ1n) is 13.0. The van der Waals surface area contributed by atoms with Gasteiger partial charge in [0.2, 0.25) is 10.0 Å². The van der Waals surface area contributed by atoms with E-state index >= 15 is 0 Å². The normalized spacial score (nSPS) is 15.1. The molecule has 1 aliphatic rings. The molecule has 0 bridgehead atoms. The number of aliphatic carboxylic acids is 1. The number of nitrogens with zero attached hydrogens (tertiary/aromatic N) is 2. The number of sulfonamides is 1. The van der Waals surface area contributed by atoms with Crippen LogP contribution in [-0.4, -0.2) is 68.3 Å². The number of amides is 2. The molecule has 2 amide bonds. The summed E-state index contributed by atoms with van der Waals surface area (Å²) in [6.07, 6.45) is 1.55. The molecule has 0 aliphatic carbocycles. The van der Waals surface area contributed by atoms with Crippen LogP contribution in [0, 0.1) is 12.3 Å². The summed E-state index contributed by atoms with van der Waals surface area (Å²) < 4.78 is 28.4. The monoisotopic (exact) mass is 616 g/mol. The maximum absolute atomic E-state index is 13.0. The van der Waals surface area contributed by atoms with Gasteiger partial charge in [-0.05, 0) is 59.9 Å². The average Bonchev–Trinajstić information content (AvgIpc) is 2.94. The van der Waals surface area contributed by atoms with Crippen molar-refractivity contribution in [1.82, 2.24) is 9.62 Å². The van der Waals surface area contributed by atoms with Crippen LogP contribution in [0.2, 0.25) is 0 Å². The number of nitrogens with two attached hydrogens (primary N) is 2. The van der Waals surface area contributed by atoms with Crippen molar-refractivity contribution < 1.29 is 27.9 Å². The van der Waals surface area contributed by atoms with Gasteiger partial charge >= 0.3 is 11.9 Å². The van der Waals surface area contributed by atoms with Gasteiger partial charge in [-0.2, -0.15) is 0 Å². The second kappa shape index (κ2) is 13.2. The smallest absolute Gasteiger partial charge is 0.394 e. The molecule has 1 unspecified atom stereocenters. The van der Waals surface area contributed by atoms with Crippen molar-refractivity contribution in [3.8, 4) is 0 Å². The summed E-state index contributed by atoms with van der Waals surface area (Å²) in [5.41, 5.74) is 12.6. The molecule has 42 heavy (non-hydrogen) atoms. The number of primary amides is 1. The molecular weight excluding hydrogens is 584 g/mol. The number of carboxylic acids is 1. The number of benzene rings is 3. The van der Waals surface area contributed by atoms with Crippen molar-refractivity contribution in [2.45, 2.75) is 30.6 Å². The molecular formula is C28H33ClN6O6S.